The van der Waals surface area contributed by atoms with E-state index in [0.29, 0.717) is 5.56 Å². The maximum Gasteiger partial charge on any atom is 0.229 e. The van der Waals surface area contributed by atoms with Crippen molar-refractivity contribution in [1.82, 2.24) is 0 Å². The van der Waals surface area contributed by atoms with E-state index in [1.54, 1.807) is 6.92 Å². The fourth-order valence-corrected chi connectivity index (χ4v) is 0.510. The van der Waals surface area contributed by atoms with E-state index in [2.05, 4.69) is 4.42 Å². The summed E-state index contributed by atoms with van der Waals surface area (Å²) in [5, 5.41) is 8.69. The second kappa shape index (κ2) is 8.84. The van der Waals surface area contributed by atoms with Crippen molar-refractivity contribution >= 4 is 0 Å². The van der Waals surface area contributed by atoms with Gasteiger partial charge in [0.2, 0.25) is 5.43 Å². The van der Waals surface area contributed by atoms with Crippen LogP contribution in [0.4, 0.5) is 0 Å². The Morgan fingerprint density at radius 1 is 1.15 bits per heavy atom. The number of aromatic hydroxyl groups is 1. The maximum atomic E-state index is 10.7. The fourth-order valence-electron chi connectivity index (χ4n) is 0.510. The van der Waals surface area contributed by atoms with Gasteiger partial charge in [-0.1, -0.05) is 27.7 Å². The van der Waals surface area contributed by atoms with Gasteiger partial charge < -0.3 is 9.52 Å². The molecule has 0 spiro atoms. The van der Waals surface area contributed by atoms with Crippen LogP contribution in [0.2, 0.25) is 0 Å². The number of hydrogen-bond donors (Lipinski definition) is 1. The Labute approximate surface area is 79.0 Å². The lowest BCUT2D eigenvalue weighted by atomic mass is 10.3. The predicted octanol–water partition coefficient (Wildman–Crippen LogP) is 2.71. The molecule has 0 atom stereocenters. The standard InChI is InChI=1S/C6H6O3.2C2H6/c1-4-2-9-3-5(7)6(4)8;2*1-2/h2-3,7H,1H3;2*1-2H3. The Balaban J connectivity index is 0. The monoisotopic (exact) mass is 186 g/mol. The molecule has 0 bridgehead atoms. The Kier molecular flexibility index (Phi) is 9.72. The first-order chi connectivity index (χ1) is 6.22. The van der Waals surface area contributed by atoms with E-state index in [4.69, 9.17) is 5.11 Å². The molecule has 0 fully saturated rings. The molecule has 0 aromatic carbocycles. The van der Waals surface area contributed by atoms with E-state index in [9.17, 15) is 4.79 Å². The molecule has 3 heteroatoms. The van der Waals surface area contributed by atoms with Gasteiger partial charge >= 0.3 is 0 Å². The van der Waals surface area contributed by atoms with Gasteiger partial charge in [0.15, 0.2) is 5.75 Å². The average Bonchev–Trinajstić information content (AvgIpc) is 2.20. The molecule has 0 aliphatic rings. The second-order valence-corrected chi connectivity index (χ2v) is 1.77. The molecule has 0 saturated heterocycles. The molecular weight excluding hydrogens is 168 g/mol. The Morgan fingerprint density at radius 2 is 1.62 bits per heavy atom. The molecule has 0 aliphatic carbocycles. The zero-order valence-corrected chi connectivity index (χ0v) is 8.92. The Morgan fingerprint density at radius 3 is 1.92 bits per heavy atom. The van der Waals surface area contributed by atoms with Crippen LogP contribution >= 0.6 is 0 Å². The van der Waals surface area contributed by atoms with Crippen molar-refractivity contribution in [2.45, 2.75) is 34.6 Å². The smallest absolute Gasteiger partial charge is 0.229 e. The average molecular weight is 186 g/mol. The molecule has 0 aliphatic heterocycles. The zero-order chi connectivity index (χ0) is 10.9. The highest BCUT2D eigenvalue weighted by Crippen LogP contribution is 1.99. The van der Waals surface area contributed by atoms with Crippen molar-refractivity contribution in [3.8, 4) is 5.75 Å². The first kappa shape index (κ1) is 14.3. The van der Waals surface area contributed by atoms with Crippen LogP contribution in [-0.4, -0.2) is 5.11 Å². The number of hydrogen-bond acceptors (Lipinski definition) is 3. The second-order valence-electron chi connectivity index (χ2n) is 1.77. The van der Waals surface area contributed by atoms with Crippen LogP contribution in [0.3, 0.4) is 0 Å². The van der Waals surface area contributed by atoms with Crippen LogP contribution in [0.15, 0.2) is 21.7 Å². The first-order valence-electron chi connectivity index (χ1n) is 4.48. The molecule has 1 N–H and O–H groups in total. The minimum Gasteiger partial charge on any atom is -0.502 e. The number of rotatable bonds is 0. The van der Waals surface area contributed by atoms with E-state index < -0.39 is 0 Å². The van der Waals surface area contributed by atoms with Gasteiger partial charge in [0.25, 0.3) is 0 Å². The van der Waals surface area contributed by atoms with Gasteiger partial charge in [-0.05, 0) is 6.92 Å². The molecule has 1 aromatic heterocycles. The molecule has 1 heterocycles. The van der Waals surface area contributed by atoms with Crippen molar-refractivity contribution in [2.75, 3.05) is 0 Å². The predicted molar refractivity (Wildman–Crippen MR) is 54.1 cm³/mol. The SMILES string of the molecule is CC.CC.Cc1cocc(O)c1=O. The summed E-state index contributed by atoms with van der Waals surface area (Å²) in [6.07, 6.45) is 2.30. The molecule has 3 nitrogen and oxygen atoms in total. The summed E-state index contributed by atoms with van der Waals surface area (Å²) in [5.41, 5.74) is 0.0382. The van der Waals surface area contributed by atoms with Crippen LogP contribution in [0.5, 0.6) is 5.75 Å². The molecule has 0 unspecified atom stereocenters. The fraction of sp³-hybridized carbons (Fsp3) is 0.500. The summed E-state index contributed by atoms with van der Waals surface area (Å²) in [7, 11) is 0. The van der Waals surface area contributed by atoms with Crippen molar-refractivity contribution in [2.24, 2.45) is 0 Å². The van der Waals surface area contributed by atoms with Crippen LogP contribution < -0.4 is 5.43 Å². The zero-order valence-electron chi connectivity index (χ0n) is 8.92. The summed E-state index contributed by atoms with van der Waals surface area (Å²) in [6, 6.07) is 0. The van der Waals surface area contributed by atoms with Gasteiger partial charge in [0, 0.05) is 5.56 Å². The molecule has 1 aromatic rings. The summed E-state index contributed by atoms with van der Waals surface area (Å²) in [5.74, 6) is -0.338. The Hall–Kier alpha value is -1.25. The minimum absolute atomic E-state index is 0.338. The third kappa shape index (κ3) is 5.06. The van der Waals surface area contributed by atoms with Crippen LogP contribution in [0.1, 0.15) is 33.3 Å². The molecule has 0 radical (unpaired) electrons. The third-order valence-corrected chi connectivity index (χ3v) is 1.02. The lowest BCUT2D eigenvalue weighted by Gasteiger charge is -1.88. The van der Waals surface area contributed by atoms with Crippen LogP contribution in [-0.2, 0) is 0 Å². The normalized spacial score (nSPS) is 7.46. The van der Waals surface area contributed by atoms with E-state index >= 15 is 0 Å². The number of aryl methyl sites for hydroxylation is 1. The highest BCUT2D eigenvalue weighted by Gasteiger charge is 1.97. The quantitative estimate of drug-likeness (QED) is 0.677. The van der Waals surface area contributed by atoms with Gasteiger partial charge in [0.1, 0.15) is 6.26 Å². The van der Waals surface area contributed by atoms with E-state index in [1.165, 1.54) is 6.26 Å². The summed E-state index contributed by atoms with van der Waals surface area (Å²) in [4.78, 5) is 10.7. The lowest BCUT2D eigenvalue weighted by molar-refractivity contribution is 0.427. The summed E-state index contributed by atoms with van der Waals surface area (Å²) in [6.45, 7) is 9.57. The minimum atomic E-state index is -0.374. The van der Waals surface area contributed by atoms with Crippen molar-refractivity contribution < 1.29 is 9.52 Å². The van der Waals surface area contributed by atoms with Crippen LogP contribution in [0.25, 0.3) is 0 Å². The molecule has 0 amide bonds. The molecule has 13 heavy (non-hydrogen) atoms. The molecule has 1 rings (SSSR count). The molecule has 76 valence electrons. The van der Waals surface area contributed by atoms with Gasteiger partial charge in [-0.25, -0.2) is 0 Å². The topological polar surface area (TPSA) is 50.4 Å². The Bertz CT molecular complexity index is 240. The van der Waals surface area contributed by atoms with Crippen LogP contribution in [0, 0.1) is 6.92 Å². The van der Waals surface area contributed by atoms with Gasteiger partial charge in [0.05, 0.1) is 6.26 Å². The van der Waals surface area contributed by atoms with Crippen molar-refractivity contribution in [3.05, 3.63) is 28.3 Å². The first-order valence-corrected chi connectivity index (χ1v) is 4.48. The van der Waals surface area contributed by atoms with Gasteiger partial charge in [-0.3, -0.25) is 4.79 Å². The highest BCUT2D eigenvalue weighted by molar-refractivity contribution is 5.18. The molecular formula is C10H18O3. The van der Waals surface area contributed by atoms with E-state index in [0.717, 1.165) is 6.26 Å². The maximum absolute atomic E-state index is 10.7. The van der Waals surface area contributed by atoms with Gasteiger partial charge in [-0.15, -0.1) is 0 Å². The van der Waals surface area contributed by atoms with Crippen molar-refractivity contribution in [3.63, 3.8) is 0 Å². The van der Waals surface area contributed by atoms with Gasteiger partial charge in [-0.2, -0.15) is 0 Å². The van der Waals surface area contributed by atoms with E-state index in [1.807, 2.05) is 27.7 Å². The lowest BCUT2D eigenvalue weighted by Crippen LogP contribution is -2.01. The largest absolute Gasteiger partial charge is 0.502 e. The summed E-state index contributed by atoms with van der Waals surface area (Å²) >= 11 is 0. The summed E-state index contributed by atoms with van der Waals surface area (Å²) < 4.78 is 4.57. The van der Waals surface area contributed by atoms with Crippen molar-refractivity contribution in [1.29, 1.82) is 0 Å². The highest BCUT2D eigenvalue weighted by atomic mass is 16.3. The van der Waals surface area contributed by atoms with E-state index in [-0.39, 0.29) is 11.2 Å². The molecule has 0 saturated carbocycles. The third-order valence-electron chi connectivity index (χ3n) is 1.02.